The third kappa shape index (κ3) is 5.36. The van der Waals surface area contributed by atoms with E-state index in [2.05, 4.69) is 181 Å². The molecule has 0 atom stereocenters. The van der Waals surface area contributed by atoms with Crippen LogP contribution in [0.5, 0.6) is 0 Å². The SMILES string of the molecule is C1=CC(n2c3ccccc3c3cc(-c4ccc5c(c4)-c4ccccc4Sc4ccccc4-c4cc(-c6ccccc6)ccc4S5)ccc32)=CCC1. The van der Waals surface area contributed by atoms with Gasteiger partial charge in [0.1, 0.15) is 0 Å². The summed E-state index contributed by atoms with van der Waals surface area (Å²) in [6.45, 7) is 0. The quantitative estimate of drug-likeness (QED) is 0.182. The van der Waals surface area contributed by atoms with E-state index in [-0.39, 0.29) is 0 Å². The molecule has 0 bridgehead atoms. The summed E-state index contributed by atoms with van der Waals surface area (Å²) in [4.78, 5) is 5.05. The molecule has 0 fully saturated rings. The number of fused-ring (bicyclic) bond motifs is 9. The summed E-state index contributed by atoms with van der Waals surface area (Å²) in [7, 11) is 0. The smallest absolute Gasteiger partial charge is 0.0541 e. The van der Waals surface area contributed by atoms with Crippen LogP contribution in [-0.2, 0) is 0 Å². The second kappa shape index (κ2) is 12.7. The molecular weight excluding hydrogens is 655 g/mol. The normalized spacial score (nSPS) is 13.6. The number of aromatic nitrogens is 1. The Labute approximate surface area is 307 Å². The maximum atomic E-state index is 2.43. The topological polar surface area (TPSA) is 4.93 Å². The predicted octanol–water partition coefficient (Wildman–Crippen LogP) is 14.3. The monoisotopic (exact) mass is 687 g/mol. The number of hydrogen-bond acceptors (Lipinski definition) is 2. The van der Waals surface area contributed by atoms with Crippen LogP contribution < -0.4 is 0 Å². The second-order valence-corrected chi connectivity index (χ2v) is 15.3. The molecule has 1 aliphatic carbocycles. The largest absolute Gasteiger partial charge is 0.310 e. The molecule has 0 spiro atoms. The average molecular weight is 688 g/mol. The fraction of sp³-hybridized carbons (Fsp3) is 0.0417. The molecule has 0 amide bonds. The van der Waals surface area contributed by atoms with Crippen molar-refractivity contribution >= 4 is 51.0 Å². The molecule has 2 heterocycles. The van der Waals surface area contributed by atoms with E-state index in [0.717, 1.165) is 12.8 Å². The van der Waals surface area contributed by atoms with Gasteiger partial charge in [-0.25, -0.2) is 0 Å². The molecule has 51 heavy (non-hydrogen) atoms. The van der Waals surface area contributed by atoms with Crippen molar-refractivity contribution in [3.05, 3.63) is 176 Å². The van der Waals surface area contributed by atoms with Gasteiger partial charge in [0.2, 0.25) is 0 Å². The van der Waals surface area contributed by atoms with E-state index >= 15 is 0 Å². The molecule has 8 aromatic rings. The van der Waals surface area contributed by atoms with Crippen molar-refractivity contribution in [1.82, 2.24) is 4.57 Å². The minimum absolute atomic E-state index is 1.08. The Kier molecular flexibility index (Phi) is 7.55. The van der Waals surface area contributed by atoms with Crippen LogP contribution in [0.4, 0.5) is 0 Å². The Morgan fingerprint density at radius 1 is 0.392 bits per heavy atom. The Bertz CT molecular complexity index is 2700. The number of rotatable bonds is 3. The molecule has 1 aliphatic heterocycles. The number of nitrogens with zero attached hydrogens (tertiary/aromatic N) is 1. The molecule has 2 aliphatic rings. The molecule has 3 heteroatoms. The minimum atomic E-state index is 1.08. The maximum Gasteiger partial charge on any atom is 0.0541 e. The van der Waals surface area contributed by atoms with E-state index in [4.69, 9.17) is 0 Å². The first-order chi connectivity index (χ1) is 25.3. The molecule has 0 saturated heterocycles. The van der Waals surface area contributed by atoms with Crippen molar-refractivity contribution in [2.24, 2.45) is 0 Å². The molecule has 242 valence electrons. The van der Waals surface area contributed by atoms with E-state index in [1.165, 1.54) is 91.6 Å². The molecule has 0 saturated carbocycles. The van der Waals surface area contributed by atoms with Crippen molar-refractivity contribution in [2.45, 2.75) is 32.4 Å². The van der Waals surface area contributed by atoms with Crippen LogP contribution in [0.1, 0.15) is 12.8 Å². The zero-order valence-electron chi connectivity index (χ0n) is 27.9. The van der Waals surface area contributed by atoms with Gasteiger partial charge >= 0.3 is 0 Å². The number of hydrogen-bond donors (Lipinski definition) is 0. The summed E-state index contributed by atoms with van der Waals surface area (Å²) in [5, 5.41) is 2.57. The van der Waals surface area contributed by atoms with E-state index in [1.54, 1.807) is 0 Å². The van der Waals surface area contributed by atoms with Crippen LogP contribution in [0.15, 0.2) is 196 Å². The zero-order chi connectivity index (χ0) is 33.7. The first-order valence-electron chi connectivity index (χ1n) is 17.6. The first-order valence-corrected chi connectivity index (χ1v) is 19.2. The van der Waals surface area contributed by atoms with Crippen LogP contribution in [0.3, 0.4) is 0 Å². The Morgan fingerprint density at radius 3 is 1.63 bits per heavy atom. The highest BCUT2D eigenvalue weighted by Gasteiger charge is 2.21. The van der Waals surface area contributed by atoms with Crippen LogP contribution >= 0.6 is 23.5 Å². The number of para-hydroxylation sites is 1. The zero-order valence-corrected chi connectivity index (χ0v) is 29.6. The van der Waals surface area contributed by atoms with E-state index in [1.807, 2.05) is 23.5 Å². The molecule has 10 rings (SSSR count). The summed E-state index contributed by atoms with van der Waals surface area (Å²) in [6.07, 6.45) is 9.12. The minimum Gasteiger partial charge on any atom is -0.310 e. The van der Waals surface area contributed by atoms with E-state index in [9.17, 15) is 0 Å². The van der Waals surface area contributed by atoms with Gasteiger partial charge in [0, 0.05) is 36.1 Å². The maximum absolute atomic E-state index is 2.43. The van der Waals surface area contributed by atoms with Crippen LogP contribution in [0.2, 0.25) is 0 Å². The highest BCUT2D eigenvalue weighted by molar-refractivity contribution is 8.00. The van der Waals surface area contributed by atoms with Crippen LogP contribution in [-0.4, -0.2) is 4.57 Å². The van der Waals surface area contributed by atoms with Crippen molar-refractivity contribution < 1.29 is 0 Å². The summed E-state index contributed by atoms with van der Waals surface area (Å²) in [5.41, 5.74) is 13.7. The van der Waals surface area contributed by atoms with Crippen molar-refractivity contribution in [2.75, 3.05) is 0 Å². The lowest BCUT2D eigenvalue weighted by Gasteiger charge is -2.21. The highest BCUT2D eigenvalue weighted by Crippen LogP contribution is 2.50. The highest BCUT2D eigenvalue weighted by atomic mass is 32.2. The Balaban J connectivity index is 1.15. The molecule has 0 unspecified atom stereocenters. The van der Waals surface area contributed by atoms with Crippen molar-refractivity contribution in [3.63, 3.8) is 0 Å². The fourth-order valence-corrected chi connectivity index (χ4v) is 9.81. The van der Waals surface area contributed by atoms with Gasteiger partial charge < -0.3 is 4.57 Å². The second-order valence-electron chi connectivity index (χ2n) is 13.2. The molecule has 1 aromatic heterocycles. The van der Waals surface area contributed by atoms with Crippen LogP contribution in [0.25, 0.3) is 72.0 Å². The summed E-state index contributed by atoms with van der Waals surface area (Å²) < 4.78 is 2.43. The predicted molar refractivity (Wildman–Crippen MR) is 219 cm³/mol. The van der Waals surface area contributed by atoms with Gasteiger partial charge in [-0.15, -0.1) is 0 Å². The lowest BCUT2D eigenvalue weighted by molar-refractivity contribution is 1.02. The standard InChI is InChI=1S/C48H33NS2/c1-3-13-32(14-4-1)33-24-27-47-41(30-33)38-18-8-11-21-45(38)50-46-22-12-9-19-39(46)42-31-35(25-28-48(42)51-47)34-23-26-44-40(29-34)37-17-7-10-20-43(37)49(44)36-15-5-2-6-16-36/h1,3-5,7-31H,2,6H2. The van der Waals surface area contributed by atoms with Gasteiger partial charge in [-0.3, -0.25) is 0 Å². The van der Waals surface area contributed by atoms with Gasteiger partial charge in [-0.1, -0.05) is 139 Å². The van der Waals surface area contributed by atoms with Crippen molar-refractivity contribution in [1.29, 1.82) is 0 Å². The molecule has 0 N–H and O–H groups in total. The molecular formula is C48H33NS2. The van der Waals surface area contributed by atoms with Gasteiger partial charge in [-0.2, -0.15) is 0 Å². The fourth-order valence-electron chi connectivity index (χ4n) is 7.64. The molecule has 0 radical (unpaired) electrons. The van der Waals surface area contributed by atoms with Gasteiger partial charge in [0.15, 0.2) is 0 Å². The van der Waals surface area contributed by atoms with E-state index in [0.29, 0.717) is 0 Å². The molecule has 1 nitrogen and oxygen atoms in total. The lowest BCUT2D eigenvalue weighted by Crippen LogP contribution is -1.96. The van der Waals surface area contributed by atoms with Crippen LogP contribution in [0, 0.1) is 0 Å². The summed E-state index contributed by atoms with van der Waals surface area (Å²) in [6, 6.07) is 58.4. The first kappa shape index (κ1) is 30.4. The van der Waals surface area contributed by atoms with Gasteiger partial charge in [0.05, 0.1) is 11.0 Å². The Morgan fingerprint density at radius 2 is 0.941 bits per heavy atom. The summed E-state index contributed by atoms with van der Waals surface area (Å²) >= 11 is 3.74. The Hall–Kier alpha value is -5.48. The van der Waals surface area contributed by atoms with Gasteiger partial charge in [0.25, 0.3) is 0 Å². The third-order valence-electron chi connectivity index (χ3n) is 10.1. The van der Waals surface area contributed by atoms with E-state index < -0.39 is 0 Å². The molecule has 7 aromatic carbocycles. The summed E-state index contributed by atoms with van der Waals surface area (Å²) in [5.74, 6) is 0. The number of benzene rings is 7. The van der Waals surface area contributed by atoms with Gasteiger partial charge in [-0.05, 0) is 118 Å². The lowest BCUT2D eigenvalue weighted by atomic mass is 9.97. The number of allylic oxidation sites excluding steroid dienone is 4. The van der Waals surface area contributed by atoms with Crippen molar-refractivity contribution in [3.8, 4) is 44.5 Å². The third-order valence-corrected chi connectivity index (χ3v) is 12.4. The average Bonchev–Trinajstić information content (AvgIpc) is 3.53.